The molecule has 0 atom stereocenters. The summed E-state index contributed by atoms with van der Waals surface area (Å²) < 4.78 is 19.4. The predicted molar refractivity (Wildman–Crippen MR) is 83.0 cm³/mol. The number of halogens is 1. The zero-order valence-electron chi connectivity index (χ0n) is 12.3. The number of hydrogen-bond donors (Lipinski definition) is 1. The van der Waals surface area contributed by atoms with Crippen molar-refractivity contribution in [3.63, 3.8) is 0 Å². The molecule has 0 unspecified atom stereocenters. The molecule has 0 saturated heterocycles. The molecular formula is C18H20FNO. The largest absolute Gasteiger partial charge is 0.493 e. The van der Waals surface area contributed by atoms with Crippen molar-refractivity contribution in [1.29, 1.82) is 0 Å². The van der Waals surface area contributed by atoms with Gasteiger partial charge in [-0.25, -0.2) is 4.39 Å². The van der Waals surface area contributed by atoms with E-state index in [1.54, 1.807) is 6.07 Å². The van der Waals surface area contributed by atoms with Crippen LogP contribution < -0.4 is 10.1 Å². The van der Waals surface area contributed by atoms with Crippen LogP contribution in [-0.4, -0.2) is 13.2 Å². The molecule has 0 amide bonds. The Balaban J connectivity index is 1.86. The smallest absolute Gasteiger partial charge is 0.127 e. The number of hydrogen-bond acceptors (Lipinski definition) is 2. The van der Waals surface area contributed by atoms with Gasteiger partial charge in [0.25, 0.3) is 0 Å². The van der Waals surface area contributed by atoms with Crippen LogP contribution in [0.3, 0.4) is 0 Å². The molecule has 0 radical (unpaired) electrons. The maximum absolute atomic E-state index is 13.9. The minimum atomic E-state index is -0.146. The Bertz CT molecular complexity index is 639. The maximum atomic E-state index is 13.9. The lowest BCUT2D eigenvalue weighted by molar-refractivity contribution is 0.357. The summed E-state index contributed by atoms with van der Waals surface area (Å²) in [6, 6.07) is 11.5. The lowest BCUT2D eigenvalue weighted by Crippen LogP contribution is -2.14. The number of nitrogens with one attached hydrogen (secondary N) is 1. The highest BCUT2D eigenvalue weighted by Gasteiger charge is 2.13. The van der Waals surface area contributed by atoms with Gasteiger partial charge in [-0.2, -0.15) is 0 Å². The summed E-state index contributed by atoms with van der Waals surface area (Å²) in [7, 11) is 0. The Morgan fingerprint density at radius 3 is 2.81 bits per heavy atom. The Hall–Kier alpha value is -1.87. The van der Waals surface area contributed by atoms with Crippen molar-refractivity contribution in [2.75, 3.05) is 13.2 Å². The number of rotatable bonds is 5. The molecule has 0 bridgehead atoms. The molecule has 1 aliphatic rings. The van der Waals surface area contributed by atoms with Crippen molar-refractivity contribution in [2.24, 2.45) is 0 Å². The van der Waals surface area contributed by atoms with Gasteiger partial charge in [-0.1, -0.05) is 19.1 Å². The topological polar surface area (TPSA) is 21.3 Å². The third-order valence-corrected chi connectivity index (χ3v) is 3.81. The van der Waals surface area contributed by atoms with Crippen molar-refractivity contribution in [3.05, 3.63) is 53.3 Å². The van der Waals surface area contributed by atoms with Crippen molar-refractivity contribution in [1.82, 2.24) is 5.32 Å². The Kier molecular flexibility index (Phi) is 4.20. The van der Waals surface area contributed by atoms with Gasteiger partial charge in [0, 0.05) is 18.5 Å². The summed E-state index contributed by atoms with van der Waals surface area (Å²) in [5.74, 6) is 0.831. The zero-order valence-corrected chi connectivity index (χ0v) is 12.3. The van der Waals surface area contributed by atoms with Gasteiger partial charge in [-0.3, -0.25) is 0 Å². The highest BCUT2D eigenvalue weighted by molar-refractivity contribution is 5.67. The van der Waals surface area contributed by atoms with E-state index < -0.39 is 0 Å². The van der Waals surface area contributed by atoms with E-state index in [1.165, 1.54) is 5.56 Å². The van der Waals surface area contributed by atoms with Gasteiger partial charge in [0.1, 0.15) is 11.6 Å². The number of fused-ring (bicyclic) bond motifs is 1. The second kappa shape index (κ2) is 6.27. The number of ether oxygens (including phenoxy) is 1. The summed E-state index contributed by atoms with van der Waals surface area (Å²) in [6.07, 6.45) is 2.00. The fourth-order valence-corrected chi connectivity index (χ4v) is 2.66. The van der Waals surface area contributed by atoms with Gasteiger partial charge >= 0.3 is 0 Å². The quantitative estimate of drug-likeness (QED) is 0.841. The first-order valence-corrected chi connectivity index (χ1v) is 7.53. The van der Waals surface area contributed by atoms with Gasteiger partial charge in [-0.05, 0) is 53.9 Å². The molecule has 2 aromatic rings. The molecule has 0 fully saturated rings. The van der Waals surface area contributed by atoms with Crippen LogP contribution in [0.5, 0.6) is 5.75 Å². The molecule has 1 N–H and O–H groups in total. The average molecular weight is 285 g/mol. The van der Waals surface area contributed by atoms with Crippen LogP contribution >= 0.6 is 0 Å². The van der Waals surface area contributed by atoms with Gasteiger partial charge in [0.15, 0.2) is 0 Å². The second-order valence-corrected chi connectivity index (χ2v) is 5.40. The van der Waals surface area contributed by atoms with Gasteiger partial charge in [-0.15, -0.1) is 0 Å². The van der Waals surface area contributed by atoms with Crippen molar-refractivity contribution in [3.8, 4) is 16.9 Å². The Morgan fingerprint density at radius 2 is 1.95 bits per heavy atom. The van der Waals surface area contributed by atoms with E-state index in [9.17, 15) is 4.39 Å². The second-order valence-electron chi connectivity index (χ2n) is 5.40. The summed E-state index contributed by atoms with van der Waals surface area (Å²) in [6.45, 7) is 4.34. The van der Waals surface area contributed by atoms with E-state index in [1.807, 2.05) is 24.3 Å². The first-order valence-electron chi connectivity index (χ1n) is 7.53. The third-order valence-electron chi connectivity index (χ3n) is 3.81. The van der Waals surface area contributed by atoms with Crippen molar-refractivity contribution in [2.45, 2.75) is 26.3 Å². The minimum absolute atomic E-state index is 0.146. The van der Waals surface area contributed by atoms with E-state index in [0.29, 0.717) is 6.54 Å². The SMILES string of the molecule is CCCNCc1cc(-c2ccc3c(c2)CCO3)ccc1F. The Labute approximate surface area is 125 Å². The molecule has 3 rings (SSSR count). The molecule has 3 heteroatoms. The lowest BCUT2D eigenvalue weighted by atomic mass is 10.00. The molecular weight excluding hydrogens is 265 g/mol. The summed E-state index contributed by atoms with van der Waals surface area (Å²) >= 11 is 0. The predicted octanol–water partition coefficient (Wildman–Crippen LogP) is 3.93. The van der Waals surface area contributed by atoms with Crippen molar-refractivity contribution < 1.29 is 9.13 Å². The summed E-state index contributed by atoms with van der Waals surface area (Å²) in [5.41, 5.74) is 4.13. The molecule has 0 saturated carbocycles. The molecule has 1 aliphatic heterocycles. The lowest BCUT2D eigenvalue weighted by Gasteiger charge is -2.09. The monoisotopic (exact) mass is 285 g/mol. The molecule has 110 valence electrons. The molecule has 0 aromatic heterocycles. The van der Waals surface area contributed by atoms with E-state index in [4.69, 9.17) is 4.74 Å². The van der Waals surface area contributed by atoms with E-state index >= 15 is 0 Å². The van der Waals surface area contributed by atoms with E-state index in [-0.39, 0.29) is 5.82 Å². The minimum Gasteiger partial charge on any atom is -0.493 e. The maximum Gasteiger partial charge on any atom is 0.127 e. The molecule has 0 aliphatic carbocycles. The molecule has 2 nitrogen and oxygen atoms in total. The summed E-state index contributed by atoms with van der Waals surface area (Å²) in [4.78, 5) is 0. The first kappa shape index (κ1) is 14.1. The van der Waals surface area contributed by atoms with Crippen LogP contribution in [0.15, 0.2) is 36.4 Å². The van der Waals surface area contributed by atoms with E-state index in [2.05, 4.69) is 18.3 Å². The molecule has 21 heavy (non-hydrogen) atoms. The highest BCUT2D eigenvalue weighted by atomic mass is 19.1. The van der Waals surface area contributed by atoms with Crippen LogP contribution in [-0.2, 0) is 13.0 Å². The summed E-state index contributed by atoms with van der Waals surface area (Å²) in [5, 5.41) is 3.25. The van der Waals surface area contributed by atoms with E-state index in [0.717, 1.165) is 48.4 Å². The Morgan fingerprint density at radius 1 is 1.14 bits per heavy atom. The number of benzene rings is 2. The van der Waals surface area contributed by atoms with Crippen LogP contribution in [0.2, 0.25) is 0 Å². The zero-order chi connectivity index (χ0) is 14.7. The van der Waals surface area contributed by atoms with Crippen molar-refractivity contribution >= 4 is 0 Å². The first-order chi connectivity index (χ1) is 10.3. The van der Waals surface area contributed by atoms with Crippen LogP contribution in [0.25, 0.3) is 11.1 Å². The normalized spacial score (nSPS) is 13.0. The van der Waals surface area contributed by atoms with Crippen LogP contribution in [0.1, 0.15) is 24.5 Å². The fraction of sp³-hybridized carbons (Fsp3) is 0.333. The van der Waals surface area contributed by atoms with Gasteiger partial charge in [0.2, 0.25) is 0 Å². The fourth-order valence-electron chi connectivity index (χ4n) is 2.66. The van der Waals surface area contributed by atoms with Crippen LogP contribution in [0.4, 0.5) is 4.39 Å². The molecule has 2 aromatic carbocycles. The average Bonchev–Trinajstić information content (AvgIpc) is 2.97. The van der Waals surface area contributed by atoms with Gasteiger partial charge in [0.05, 0.1) is 6.61 Å². The van der Waals surface area contributed by atoms with Crippen LogP contribution in [0, 0.1) is 5.82 Å². The molecule has 1 heterocycles. The third kappa shape index (κ3) is 3.08. The standard InChI is InChI=1S/C18H20FNO/c1-2-8-20-12-16-11-13(3-5-17(16)19)14-4-6-18-15(10-14)7-9-21-18/h3-6,10-11,20H,2,7-9,12H2,1H3. The molecule has 0 spiro atoms. The van der Waals surface area contributed by atoms with Gasteiger partial charge < -0.3 is 10.1 Å². The highest BCUT2D eigenvalue weighted by Crippen LogP contribution is 2.31.